The molecule has 0 atom stereocenters. The van der Waals surface area contributed by atoms with E-state index in [1.54, 1.807) is 11.0 Å². The Morgan fingerprint density at radius 3 is 2.71 bits per heavy atom. The summed E-state index contributed by atoms with van der Waals surface area (Å²) in [6.45, 7) is 4.92. The number of aryl methyl sites for hydroxylation is 1. The zero-order valence-electron chi connectivity index (χ0n) is 10.2. The summed E-state index contributed by atoms with van der Waals surface area (Å²) in [5.74, 6) is 2.44. The lowest BCUT2D eigenvalue weighted by molar-refractivity contribution is 0.0777. The van der Waals surface area contributed by atoms with Crippen molar-refractivity contribution in [2.75, 3.05) is 13.1 Å². The zero-order valence-corrected chi connectivity index (χ0v) is 10.9. The Kier molecular flexibility index (Phi) is 5.06. The molecule has 0 bridgehead atoms. The standard InChI is InChI=1S/C14H16ClNO/c1-4-6-16(7-5-2)14(17)12-8-11(3)9-13(15)10-12/h1,8-10H,5-7H2,2-3H3. The number of nitrogens with zero attached hydrogens (tertiary/aromatic N) is 1. The fraction of sp³-hybridized carbons (Fsp3) is 0.357. The van der Waals surface area contributed by atoms with Crippen LogP contribution < -0.4 is 0 Å². The molecule has 1 aromatic carbocycles. The van der Waals surface area contributed by atoms with Gasteiger partial charge in [-0.05, 0) is 37.1 Å². The molecule has 0 N–H and O–H groups in total. The highest BCUT2D eigenvalue weighted by Crippen LogP contribution is 2.16. The van der Waals surface area contributed by atoms with Crippen molar-refractivity contribution in [1.29, 1.82) is 0 Å². The summed E-state index contributed by atoms with van der Waals surface area (Å²) in [4.78, 5) is 13.9. The van der Waals surface area contributed by atoms with Crippen LogP contribution in [0.3, 0.4) is 0 Å². The predicted molar refractivity (Wildman–Crippen MR) is 71.2 cm³/mol. The second-order valence-corrected chi connectivity index (χ2v) is 4.38. The molecule has 17 heavy (non-hydrogen) atoms. The quantitative estimate of drug-likeness (QED) is 0.751. The van der Waals surface area contributed by atoms with E-state index in [1.807, 2.05) is 26.0 Å². The molecule has 0 aliphatic rings. The van der Waals surface area contributed by atoms with Crippen LogP contribution in [0.2, 0.25) is 5.02 Å². The number of rotatable bonds is 4. The van der Waals surface area contributed by atoms with E-state index in [0.717, 1.165) is 12.0 Å². The SMILES string of the molecule is C#CCN(CCC)C(=O)c1cc(C)cc(Cl)c1. The molecule has 0 unspecified atom stereocenters. The molecule has 2 nitrogen and oxygen atoms in total. The predicted octanol–water partition coefficient (Wildman–Crippen LogP) is 3.13. The van der Waals surface area contributed by atoms with Crippen LogP contribution in [-0.4, -0.2) is 23.9 Å². The van der Waals surface area contributed by atoms with Gasteiger partial charge in [0.1, 0.15) is 0 Å². The van der Waals surface area contributed by atoms with E-state index < -0.39 is 0 Å². The largest absolute Gasteiger partial charge is 0.328 e. The molecule has 0 aromatic heterocycles. The van der Waals surface area contributed by atoms with Gasteiger partial charge in [-0.15, -0.1) is 6.42 Å². The number of halogens is 1. The summed E-state index contributed by atoms with van der Waals surface area (Å²) < 4.78 is 0. The van der Waals surface area contributed by atoms with Crippen LogP contribution in [0.5, 0.6) is 0 Å². The fourth-order valence-electron chi connectivity index (χ4n) is 1.67. The average molecular weight is 250 g/mol. The molecule has 0 radical (unpaired) electrons. The third-order valence-electron chi connectivity index (χ3n) is 2.35. The van der Waals surface area contributed by atoms with Gasteiger partial charge in [0.25, 0.3) is 5.91 Å². The van der Waals surface area contributed by atoms with Gasteiger partial charge in [-0.1, -0.05) is 24.4 Å². The molecule has 3 heteroatoms. The van der Waals surface area contributed by atoms with Crippen molar-refractivity contribution in [3.8, 4) is 12.3 Å². The van der Waals surface area contributed by atoms with Crippen molar-refractivity contribution < 1.29 is 4.79 Å². The van der Waals surface area contributed by atoms with Crippen molar-refractivity contribution in [2.24, 2.45) is 0 Å². The van der Waals surface area contributed by atoms with Gasteiger partial charge in [0.05, 0.1) is 6.54 Å². The maximum atomic E-state index is 12.2. The van der Waals surface area contributed by atoms with Gasteiger partial charge in [-0.3, -0.25) is 4.79 Å². The van der Waals surface area contributed by atoms with Crippen molar-refractivity contribution in [3.05, 3.63) is 34.3 Å². The minimum atomic E-state index is -0.0598. The number of terminal acetylenes is 1. The van der Waals surface area contributed by atoms with Crippen LogP contribution in [0.25, 0.3) is 0 Å². The molecule has 0 saturated heterocycles. The molecule has 1 rings (SSSR count). The first-order valence-electron chi connectivity index (χ1n) is 5.58. The lowest BCUT2D eigenvalue weighted by atomic mass is 10.1. The first kappa shape index (κ1) is 13.6. The van der Waals surface area contributed by atoms with Crippen LogP contribution in [0.1, 0.15) is 29.3 Å². The highest BCUT2D eigenvalue weighted by atomic mass is 35.5. The van der Waals surface area contributed by atoms with Crippen LogP contribution in [0, 0.1) is 19.3 Å². The molecule has 1 amide bonds. The second-order valence-electron chi connectivity index (χ2n) is 3.95. The van der Waals surface area contributed by atoms with E-state index in [9.17, 15) is 4.79 Å². The van der Waals surface area contributed by atoms with Gasteiger partial charge in [-0.25, -0.2) is 0 Å². The van der Waals surface area contributed by atoms with Gasteiger partial charge < -0.3 is 4.90 Å². The molecular weight excluding hydrogens is 234 g/mol. The van der Waals surface area contributed by atoms with Gasteiger partial charge in [0.15, 0.2) is 0 Å². The summed E-state index contributed by atoms with van der Waals surface area (Å²) in [6.07, 6.45) is 6.15. The smallest absolute Gasteiger partial charge is 0.254 e. The minimum absolute atomic E-state index is 0.0598. The third-order valence-corrected chi connectivity index (χ3v) is 2.57. The van der Waals surface area contributed by atoms with Gasteiger partial charge >= 0.3 is 0 Å². The average Bonchev–Trinajstić information content (AvgIpc) is 2.26. The molecule has 0 saturated carbocycles. The maximum absolute atomic E-state index is 12.2. The van der Waals surface area contributed by atoms with E-state index >= 15 is 0 Å². The van der Waals surface area contributed by atoms with E-state index in [1.165, 1.54) is 0 Å². The van der Waals surface area contributed by atoms with Gasteiger partial charge in [-0.2, -0.15) is 0 Å². The molecular formula is C14H16ClNO. The van der Waals surface area contributed by atoms with Crippen molar-refractivity contribution in [2.45, 2.75) is 20.3 Å². The number of carbonyl (C=O) groups is 1. The van der Waals surface area contributed by atoms with Gasteiger partial charge in [0.2, 0.25) is 0 Å². The minimum Gasteiger partial charge on any atom is -0.328 e. The van der Waals surface area contributed by atoms with Crippen LogP contribution in [0.15, 0.2) is 18.2 Å². The summed E-state index contributed by atoms with van der Waals surface area (Å²) in [5, 5.41) is 0.575. The van der Waals surface area contributed by atoms with Crippen molar-refractivity contribution >= 4 is 17.5 Å². The number of amides is 1. The van der Waals surface area contributed by atoms with E-state index in [0.29, 0.717) is 23.7 Å². The van der Waals surface area contributed by atoms with E-state index in [-0.39, 0.29) is 5.91 Å². The topological polar surface area (TPSA) is 20.3 Å². The van der Waals surface area contributed by atoms with Crippen molar-refractivity contribution in [1.82, 2.24) is 4.90 Å². The Hall–Kier alpha value is -1.46. The monoisotopic (exact) mass is 249 g/mol. The zero-order chi connectivity index (χ0) is 12.8. The summed E-state index contributed by atoms with van der Waals surface area (Å²) in [7, 11) is 0. The normalized spacial score (nSPS) is 9.76. The van der Waals surface area contributed by atoms with Crippen molar-refractivity contribution in [3.63, 3.8) is 0 Å². The number of benzene rings is 1. The fourth-order valence-corrected chi connectivity index (χ4v) is 1.96. The first-order valence-corrected chi connectivity index (χ1v) is 5.96. The lowest BCUT2D eigenvalue weighted by Crippen LogP contribution is -2.32. The molecule has 0 aliphatic carbocycles. The van der Waals surface area contributed by atoms with E-state index in [4.69, 9.17) is 18.0 Å². The summed E-state index contributed by atoms with van der Waals surface area (Å²) in [6, 6.07) is 5.33. The molecule has 0 spiro atoms. The van der Waals surface area contributed by atoms with Crippen LogP contribution in [0.4, 0.5) is 0 Å². The van der Waals surface area contributed by atoms with Gasteiger partial charge in [0, 0.05) is 17.1 Å². The first-order chi connectivity index (χ1) is 8.08. The Balaban J connectivity index is 2.96. The third kappa shape index (κ3) is 3.80. The molecule has 0 aliphatic heterocycles. The number of hydrogen-bond donors (Lipinski definition) is 0. The highest BCUT2D eigenvalue weighted by Gasteiger charge is 2.14. The Morgan fingerprint density at radius 2 is 2.18 bits per heavy atom. The summed E-state index contributed by atoms with van der Waals surface area (Å²) in [5.41, 5.74) is 1.57. The van der Waals surface area contributed by atoms with Crippen LogP contribution in [-0.2, 0) is 0 Å². The number of hydrogen-bond acceptors (Lipinski definition) is 1. The Labute approximate surface area is 108 Å². The molecule has 1 aromatic rings. The summed E-state index contributed by atoms with van der Waals surface area (Å²) >= 11 is 5.94. The van der Waals surface area contributed by atoms with Crippen LogP contribution >= 0.6 is 11.6 Å². The number of carbonyl (C=O) groups excluding carboxylic acids is 1. The van der Waals surface area contributed by atoms with E-state index in [2.05, 4.69) is 5.92 Å². The molecule has 0 heterocycles. The maximum Gasteiger partial charge on any atom is 0.254 e. The lowest BCUT2D eigenvalue weighted by Gasteiger charge is -2.19. The Bertz CT molecular complexity index is 428. The second kappa shape index (κ2) is 6.32. The molecule has 0 fully saturated rings. The molecule has 90 valence electrons. The Morgan fingerprint density at radius 1 is 1.47 bits per heavy atom. The highest BCUT2D eigenvalue weighted by molar-refractivity contribution is 6.31.